The van der Waals surface area contributed by atoms with Crippen LogP contribution in [0, 0.1) is 0 Å². The normalized spacial score (nSPS) is 15.9. The number of halogens is 1. The third-order valence-corrected chi connectivity index (χ3v) is 4.56. The van der Waals surface area contributed by atoms with E-state index in [4.69, 9.17) is 0 Å². The van der Waals surface area contributed by atoms with Crippen molar-refractivity contribution in [3.05, 3.63) is 53.1 Å². The van der Waals surface area contributed by atoms with Crippen molar-refractivity contribution in [2.45, 2.75) is 18.9 Å². The van der Waals surface area contributed by atoms with Crippen LogP contribution in [-0.4, -0.2) is 41.5 Å². The molecule has 1 fully saturated rings. The van der Waals surface area contributed by atoms with Gasteiger partial charge in [-0.2, -0.15) is 0 Å². The summed E-state index contributed by atoms with van der Waals surface area (Å²) in [7, 11) is 0. The fourth-order valence-corrected chi connectivity index (χ4v) is 3.07. The summed E-state index contributed by atoms with van der Waals surface area (Å²) in [6.45, 7) is 2.27. The molecule has 0 radical (unpaired) electrons. The Labute approximate surface area is 150 Å². The smallest absolute Gasteiger partial charge is 0.238 e. The van der Waals surface area contributed by atoms with E-state index >= 15 is 0 Å². The van der Waals surface area contributed by atoms with Gasteiger partial charge in [-0.05, 0) is 53.0 Å². The molecule has 1 aromatic heterocycles. The number of piperidine rings is 1. The lowest BCUT2D eigenvalue weighted by Gasteiger charge is -2.32. The van der Waals surface area contributed by atoms with Gasteiger partial charge in [0.1, 0.15) is 5.82 Å². The Morgan fingerprint density at radius 1 is 1.17 bits per heavy atom. The van der Waals surface area contributed by atoms with Crippen LogP contribution >= 0.6 is 15.9 Å². The zero-order valence-electron chi connectivity index (χ0n) is 13.4. The van der Waals surface area contributed by atoms with E-state index in [1.165, 1.54) is 0 Å². The van der Waals surface area contributed by atoms with Crippen LogP contribution in [0.2, 0.25) is 0 Å². The number of aromatic nitrogens is 1. The molecule has 1 aliphatic heterocycles. The van der Waals surface area contributed by atoms with Gasteiger partial charge in [0.2, 0.25) is 5.91 Å². The molecule has 0 saturated carbocycles. The lowest BCUT2D eigenvalue weighted by molar-refractivity contribution is -0.117. The molecule has 0 aliphatic carbocycles. The number of nitrogens with zero attached hydrogens (tertiary/aromatic N) is 2. The predicted molar refractivity (Wildman–Crippen MR) is 100 cm³/mol. The minimum atomic E-state index is 0.0437. The second-order valence-corrected chi connectivity index (χ2v) is 6.89. The summed E-state index contributed by atoms with van der Waals surface area (Å²) in [5.74, 6) is 0.945. The van der Waals surface area contributed by atoms with Gasteiger partial charge in [-0.1, -0.05) is 18.2 Å². The minimum absolute atomic E-state index is 0.0437. The topological polar surface area (TPSA) is 57.3 Å². The molecule has 0 spiro atoms. The SMILES string of the molecule is O=C(CN1CCC(Nc2ccc(Br)cn2)CC1)Nc1ccccc1. The van der Waals surface area contributed by atoms with Gasteiger partial charge in [-0.3, -0.25) is 9.69 Å². The lowest BCUT2D eigenvalue weighted by atomic mass is 10.1. The molecule has 1 aliphatic rings. The maximum Gasteiger partial charge on any atom is 0.238 e. The fraction of sp³-hybridized carbons (Fsp3) is 0.333. The molecule has 1 amide bonds. The van der Waals surface area contributed by atoms with Gasteiger partial charge in [0, 0.05) is 35.5 Å². The number of pyridine rings is 1. The first-order valence-electron chi connectivity index (χ1n) is 8.14. The Morgan fingerprint density at radius 2 is 1.92 bits per heavy atom. The summed E-state index contributed by atoms with van der Waals surface area (Å²) < 4.78 is 0.979. The molecular formula is C18H21BrN4O. The summed E-state index contributed by atoms with van der Waals surface area (Å²) in [6.07, 6.45) is 3.82. The number of carbonyl (C=O) groups excluding carboxylic acids is 1. The quantitative estimate of drug-likeness (QED) is 0.824. The maximum absolute atomic E-state index is 12.1. The van der Waals surface area contributed by atoms with Gasteiger partial charge < -0.3 is 10.6 Å². The van der Waals surface area contributed by atoms with E-state index in [1.807, 2.05) is 42.5 Å². The maximum atomic E-state index is 12.1. The van der Waals surface area contributed by atoms with E-state index in [2.05, 4.69) is 36.4 Å². The number of hydrogen-bond donors (Lipinski definition) is 2. The van der Waals surface area contributed by atoms with Gasteiger partial charge in [0.15, 0.2) is 0 Å². The van der Waals surface area contributed by atoms with E-state index in [1.54, 1.807) is 6.20 Å². The molecule has 6 heteroatoms. The van der Waals surface area contributed by atoms with Crippen LogP contribution in [0.1, 0.15) is 12.8 Å². The molecule has 2 N–H and O–H groups in total. The number of amides is 1. The lowest BCUT2D eigenvalue weighted by Crippen LogP contribution is -2.42. The molecule has 24 heavy (non-hydrogen) atoms. The van der Waals surface area contributed by atoms with Crippen molar-refractivity contribution in [1.82, 2.24) is 9.88 Å². The molecule has 0 unspecified atom stereocenters. The Morgan fingerprint density at radius 3 is 2.58 bits per heavy atom. The van der Waals surface area contributed by atoms with Crippen molar-refractivity contribution in [3.63, 3.8) is 0 Å². The van der Waals surface area contributed by atoms with Gasteiger partial charge in [-0.25, -0.2) is 4.98 Å². The van der Waals surface area contributed by atoms with Gasteiger partial charge in [-0.15, -0.1) is 0 Å². The Bertz CT molecular complexity index is 654. The minimum Gasteiger partial charge on any atom is -0.367 e. The summed E-state index contributed by atoms with van der Waals surface area (Å²) in [5, 5.41) is 6.40. The predicted octanol–water partition coefficient (Wildman–Crippen LogP) is 3.36. The second-order valence-electron chi connectivity index (χ2n) is 5.97. The Balaban J connectivity index is 1.41. The molecular weight excluding hydrogens is 368 g/mol. The van der Waals surface area contributed by atoms with Crippen molar-refractivity contribution >= 4 is 33.3 Å². The first-order valence-corrected chi connectivity index (χ1v) is 8.94. The number of rotatable bonds is 5. The number of carbonyl (C=O) groups is 1. The second kappa shape index (κ2) is 8.26. The number of para-hydroxylation sites is 1. The van der Waals surface area contributed by atoms with Crippen molar-refractivity contribution in [1.29, 1.82) is 0 Å². The summed E-state index contributed by atoms with van der Waals surface area (Å²) in [5.41, 5.74) is 0.848. The third kappa shape index (κ3) is 5.04. The van der Waals surface area contributed by atoms with Crippen molar-refractivity contribution in [2.24, 2.45) is 0 Å². The van der Waals surface area contributed by atoms with Crippen molar-refractivity contribution < 1.29 is 4.79 Å². The number of hydrogen-bond acceptors (Lipinski definition) is 4. The third-order valence-electron chi connectivity index (χ3n) is 4.09. The highest BCUT2D eigenvalue weighted by Gasteiger charge is 2.21. The average Bonchev–Trinajstić information content (AvgIpc) is 2.59. The van der Waals surface area contributed by atoms with Crippen LogP contribution in [-0.2, 0) is 4.79 Å². The summed E-state index contributed by atoms with van der Waals surface area (Å²) in [6, 6.07) is 14.0. The van der Waals surface area contributed by atoms with Crippen LogP contribution in [0.3, 0.4) is 0 Å². The summed E-state index contributed by atoms with van der Waals surface area (Å²) >= 11 is 3.39. The monoisotopic (exact) mass is 388 g/mol. The van der Waals surface area contributed by atoms with E-state index in [0.717, 1.165) is 41.9 Å². The first-order chi connectivity index (χ1) is 11.7. The number of nitrogens with one attached hydrogen (secondary N) is 2. The van der Waals surface area contributed by atoms with E-state index in [9.17, 15) is 4.79 Å². The highest BCUT2D eigenvalue weighted by molar-refractivity contribution is 9.10. The molecule has 0 atom stereocenters. The first kappa shape index (κ1) is 16.9. The number of anilines is 2. The van der Waals surface area contributed by atoms with Crippen LogP contribution in [0.4, 0.5) is 11.5 Å². The molecule has 2 heterocycles. The fourth-order valence-electron chi connectivity index (χ4n) is 2.83. The Hall–Kier alpha value is -1.92. The van der Waals surface area contributed by atoms with E-state index in [0.29, 0.717) is 12.6 Å². The Kier molecular flexibility index (Phi) is 5.82. The highest BCUT2D eigenvalue weighted by Crippen LogP contribution is 2.17. The molecule has 5 nitrogen and oxygen atoms in total. The van der Waals surface area contributed by atoms with Crippen LogP contribution < -0.4 is 10.6 Å². The van der Waals surface area contributed by atoms with Gasteiger partial charge in [0.05, 0.1) is 6.54 Å². The molecule has 1 saturated heterocycles. The highest BCUT2D eigenvalue weighted by atomic mass is 79.9. The summed E-state index contributed by atoms with van der Waals surface area (Å²) in [4.78, 5) is 18.7. The number of benzene rings is 1. The largest absolute Gasteiger partial charge is 0.367 e. The number of likely N-dealkylation sites (tertiary alicyclic amines) is 1. The van der Waals surface area contributed by atoms with Crippen LogP contribution in [0.25, 0.3) is 0 Å². The van der Waals surface area contributed by atoms with Crippen LogP contribution in [0.15, 0.2) is 53.1 Å². The zero-order chi connectivity index (χ0) is 16.8. The molecule has 1 aromatic carbocycles. The van der Waals surface area contributed by atoms with E-state index in [-0.39, 0.29) is 5.91 Å². The van der Waals surface area contributed by atoms with Crippen LogP contribution in [0.5, 0.6) is 0 Å². The van der Waals surface area contributed by atoms with Gasteiger partial charge in [0.25, 0.3) is 0 Å². The molecule has 126 valence electrons. The average molecular weight is 389 g/mol. The molecule has 3 rings (SSSR count). The van der Waals surface area contributed by atoms with Crippen molar-refractivity contribution in [2.75, 3.05) is 30.3 Å². The molecule has 0 bridgehead atoms. The van der Waals surface area contributed by atoms with E-state index < -0.39 is 0 Å². The van der Waals surface area contributed by atoms with Gasteiger partial charge >= 0.3 is 0 Å². The standard InChI is InChI=1S/C18H21BrN4O/c19-14-6-7-17(20-12-14)21-16-8-10-23(11-9-16)13-18(24)22-15-4-2-1-3-5-15/h1-7,12,16H,8-11,13H2,(H,20,21)(H,22,24). The van der Waals surface area contributed by atoms with Crippen molar-refractivity contribution in [3.8, 4) is 0 Å². The molecule has 2 aromatic rings. The zero-order valence-corrected chi connectivity index (χ0v) is 15.0.